The summed E-state index contributed by atoms with van der Waals surface area (Å²) in [7, 11) is 1.63. The number of urea groups is 1. The fraction of sp³-hybridized carbons (Fsp3) is 0.320. The third-order valence-corrected chi connectivity index (χ3v) is 7.73. The predicted octanol–water partition coefficient (Wildman–Crippen LogP) is 6.09. The lowest BCUT2D eigenvalue weighted by molar-refractivity contribution is 0.194. The third kappa shape index (κ3) is 3.64. The number of nitrogens with one attached hydrogen (secondary N) is 1. The number of aryl methyl sites for hydroxylation is 1. The summed E-state index contributed by atoms with van der Waals surface area (Å²) in [6.07, 6.45) is 5.33. The van der Waals surface area contributed by atoms with E-state index in [9.17, 15) is 13.6 Å². The van der Waals surface area contributed by atoms with E-state index in [1.165, 1.54) is 39.8 Å². The standard InChI is InChI=1S/C25H24F2N2O2S/c1-31-21-8-4-2-7-18(21)23-24-17(16-6-3-5-9-22(16)32-24)12-13-29(23)25(30)28-20-11-10-15(26)14-19(20)27/h2,4,7-8,10-11,14,23H,3,5-6,9,12-13H2,1H3,(H,28,30). The first-order chi connectivity index (χ1) is 15.6. The quantitative estimate of drug-likeness (QED) is 0.520. The molecule has 0 radical (unpaired) electrons. The molecule has 1 aliphatic heterocycles. The molecule has 1 unspecified atom stereocenters. The maximum absolute atomic E-state index is 14.2. The number of carbonyl (C=O) groups is 1. The van der Waals surface area contributed by atoms with Crippen molar-refractivity contribution in [3.05, 3.63) is 80.5 Å². The molecule has 1 N–H and O–H groups in total. The fourth-order valence-corrected chi connectivity index (χ4v) is 6.42. The molecule has 0 fully saturated rings. The first-order valence-corrected chi connectivity index (χ1v) is 11.7. The lowest BCUT2D eigenvalue weighted by atomic mass is 9.88. The Morgan fingerprint density at radius 1 is 1.09 bits per heavy atom. The summed E-state index contributed by atoms with van der Waals surface area (Å²) in [5.74, 6) is -0.766. The highest BCUT2D eigenvalue weighted by Gasteiger charge is 2.38. The Morgan fingerprint density at radius 3 is 2.72 bits per heavy atom. The second-order valence-electron chi connectivity index (χ2n) is 8.20. The van der Waals surface area contributed by atoms with Crippen LogP contribution in [-0.2, 0) is 19.3 Å². The number of hydrogen-bond acceptors (Lipinski definition) is 3. The minimum Gasteiger partial charge on any atom is -0.496 e. The average Bonchev–Trinajstić information content (AvgIpc) is 3.19. The molecule has 3 aromatic rings. The Bertz CT molecular complexity index is 1180. The number of hydrogen-bond donors (Lipinski definition) is 1. The van der Waals surface area contributed by atoms with Crippen LogP contribution in [0.1, 0.15) is 45.3 Å². The van der Waals surface area contributed by atoms with Gasteiger partial charge in [0.25, 0.3) is 0 Å². The van der Waals surface area contributed by atoms with Crippen LogP contribution in [0, 0.1) is 11.6 Å². The molecule has 2 heterocycles. The van der Waals surface area contributed by atoms with Gasteiger partial charge in [-0.1, -0.05) is 18.2 Å². The summed E-state index contributed by atoms with van der Waals surface area (Å²) in [4.78, 5) is 17.7. The number of rotatable bonds is 3. The molecule has 1 atom stereocenters. The zero-order valence-electron chi connectivity index (χ0n) is 17.8. The summed E-state index contributed by atoms with van der Waals surface area (Å²) in [6.45, 7) is 0.507. The Morgan fingerprint density at radius 2 is 1.91 bits per heavy atom. The van der Waals surface area contributed by atoms with Gasteiger partial charge in [0.1, 0.15) is 17.4 Å². The van der Waals surface area contributed by atoms with Crippen molar-refractivity contribution >= 4 is 23.1 Å². The summed E-state index contributed by atoms with van der Waals surface area (Å²) in [6, 6.07) is 10.1. The van der Waals surface area contributed by atoms with Gasteiger partial charge in [0.15, 0.2) is 0 Å². The number of carbonyl (C=O) groups excluding carboxylic acids is 1. The van der Waals surface area contributed by atoms with E-state index in [0.29, 0.717) is 12.3 Å². The highest BCUT2D eigenvalue weighted by molar-refractivity contribution is 7.12. The van der Waals surface area contributed by atoms with Crippen molar-refractivity contribution in [2.24, 2.45) is 0 Å². The zero-order chi connectivity index (χ0) is 22.2. The fourth-order valence-electron chi connectivity index (χ4n) is 4.85. The number of anilines is 1. The van der Waals surface area contributed by atoms with Gasteiger partial charge < -0.3 is 15.0 Å². The molecule has 0 bridgehead atoms. The normalized spacial score (nSPS) is 17.5. The number of para-hydroxylation sites is 1. The molecule has 32 heavy (non-hydrogen) atoms. The second kappa shape index (κ2) is 8.54. The molecule has 5 rings (SSSR count). The molecule has 1 aliphatic carbocycles. The number of ether oxygens (including phenoxy) is 1. The average molecular weight is 455 g/mol. The highest BCUT2D eigenvalue weighted by Crippen LogP contribution is 2.46. The minimum absolute atomic E-state index is 0.0357. The topological polar surface area (TPSA) is 41.6 Å². The number of thiophene rings is 1. The van der Waals surface area contributed by atoms with E-state index in [2.05, 4.69) is 5.32 Å². The highest BCUT2D eigenvalue weighted by atomic mass is 32.1. The molecular weight excluding hydrogens is 430 g/mol. The number of amides is 2. The molecule has 7 heteroatoms. The summed E-state index contributed by atoms with van der Waals surface area (Å²) < 4.78 is 33.2. The van der Waals surface area contributed by atoms with Crippen LogP contribution in [-0.4, -0.2) is 24.6 Å². The summed E-state index contributed by atoms with van der Waals surface area (Å²) in [5.41, 5.74) is 3.69. The van der Waals surface area contributed by atoms with Crippen LogP contribution in [0.5, 0.6) is 5.75 Å². The van der Waals surface area contributed by atoms with Crippen molar-refractivity contribution in [3.8, 4) is 5.75 Å². The third-order valence-electron chi connectivity index (χ3n) is 6.34. The molecular formula is C25H24F2N2O2S. The number of halogens is 2. The molecule has 0 saturated heterocycles. The van der Waals surface area contributed by atoms with Crippen molar-refractivity contribution < 1.29 is 18.3 Å². The van der Waals surface area contributed by atoms with E-state index in [4.69, 9.17) is 4.74 Å². The molecule has 0 saturated carbocycles. The molecule has 0 spiro atoms. The van der Waals surface area contributed by atoms with Crippen LogP contribution in [0.4, 0.5) is 19.3 Å². The van der Waals surface area contributed by atoms with Gasteiger partial charge in [0.05, 0.1) is 18.8 Å². The van der Waals surface area contributed by atoms with Crippen LogP contribution in [0.3, 0.4) is 0 Å². The Labute approximate surface area is 189 Å². The molecule has 2 aromatic carbocycles. The van der Waals surface area contributed by atoms with Crippen molar-refractivity contribution in [2.75, 3.05) is 19.0 Å². The van der Waals surface area contributed by atoms with E-state index >= 15 is 0 Å². The first kappa shape index (κ1) is 20.9. The van der Waals surface area contributed by atoms with Gasteiger partial charge in [-0.25, -0.2) is 13.6 Å². The van der Waals surface area contributed by atoms with Gasteiger partial charge in [0, 0.05) is 27.9 Å². The Hall–Kier alpha value is -2.93. The van der Waals surface area contributed by atoms with Crippen molar-refractivity contribution in [1.29, 1.82) is 0 Å². The number of methoxy groups -OCH3 is 1. The maximum atomic E-state index is 14.2. The van der Waals surface area contributed by atoms with Gasteiger partial charge in [-0.05, 0) is 61.4 Å². The van der Waals surface area contributed by atoms with Gasteiger partial charge >= 0.3 is 6.03 Å². The predicted molar refractivity (Wildman–Crippen MR) is 122 cm³/mol. The molecule has 2 aliphatic rings. The van der Waals surface area contributed by atoms with Crippen molar-refractivity contribution in [2.45, 2.75) is 38.1 Å². The molecule has 2 amide bonds. The van der Waals surface area contributed by atoms with E-state index in [1.807, 2.05) is 24.3 Å². The van der Waals surface area contributed by atoms with Crippen LogP contribution >= 0.6 is 11.3 Å². The van der Waals surface area contributed by atoms with Gasteiger partial charge in [0.2, 0.25) is 0 Å². The molecule has 4 nitrogen and oxygen atoms in total. The van der Waals surface area contributed by atoms with Crippen molar-refractivity contribution in [3.63, 3.8) is 0 Å². The van der Waals surface area contributed by atoms with Crippen molar-refractivity contribution in [1.82, 2.24) is 4.90 Å². The minimum atomic E-state index is -0.795. The van der Waals surface area contributed by atoms with E-state index < -0.39 is 17.7 Å². The molecule has 1 aromatic heterocycles. The maximum Gasteiger partial charge on any atom is 0.322 e. The van der Waals surface area contributed by atoms with Crippen LogP contribution in [0.15, 0.2) is 42.5 Å². The lowest BCUT2D eigenvalue weighted by Gasteiger charge is -2.37. The van der Waals surface area contributed by atoms with Gasteiger partial charge in [-0.3, -0.25) is 0 Å². The van der Waals surface area contributed by atoms with E-state index in [-0.39, 0.29) is 11.7 Å². The zero-order valence-corrected chi connectivity index (χ0v) is 18.6. The van der Waals surface area contributed by atoms with Crippen LogP contribution in [0.2, 0.25) is 0 Å². The Kier molecular flexibility index (Phi) is 5.59. The van der Waals surface area contributed by atoms with E-state index in [1.54, 1.807) is 23.3 Å². The van der Waals surface area contributed by atoms with Gasteiger partial charge in [-0.15, -0.1) is 11.3 Å². The number of nitrogens with zero attached hydrogens (tertiary/aromatic N) is 1. The monoisotopic (exact) mass is 454 g/mol. The Balaban J connectivity index is 1.57. The largest absolute Gasteiger partial charge is 0.496 e. The molecule has 166 valence electrons. The van der Waals surface area contributed by atoms with E-state index in [0.717, 1.165) is 37.0 Å². The summed E-state index contributed by atoms with van der Waals surface area (Å²) >= 11 is 1.79. The number of fused-ring (bicyclic) bond motifs is 3. The lowest BCUT2D eigenvalue weighted by Crippen LogP contribution is -2.42. The smallest absolute Gasteiger partial charge is 0.322 e. The summed E-state index contributed by atoms with van der Waals surface area (Å²) in [5, 5.41) is 2.65. The van der Waals surface area contributed by atoms with Crippen LogP contribution in [0.25, 0.3) is 0 Å². The number of benzene rings is 2. The SMILES string of the molecule is COc1ccccc1C1c2sc3c(c2CCN1C(=O)Nc1ccc(F)cc1F)CCCC3. The first-order valence-electron chi connectivity index (χ1n) is 10.9. The van der Waals surface area contributed by atoms with Crippen LogP contribution < -0.4 is 10.1 Å². The second-order valence-corrected chi connectivity index (χ2v) is 9.33. The van der Waals surface area contributed by atoms with Gasteiger partial charge in [-0.2, -0.15) is 0 Å².